The van der Waals surface area contributed by atoms with Gasteiger partial charge in [0.2, 0.25) is 0 Å². The van der Waals surface area contributed by atoms with Crippen molar-refractivity contribution >= 4 is 45.2 Å². The zero-order valence-corrected chi connectivity index (χ0v) is 15.6. The van der Waals surface area contributed by atoms with Crippen LogP contribution >= 0.6 is 45.2 Å². The molecule has 1 unspecified atom stereocenters. The number of rotatable bonds is 7. The molecular formula is C14H27I2N. The van der Waals surface area contributed by atoms with Crippen molar-refractivity contribution in [2.75, 3.05) is 13.1 Å². The fourth-order valence-corrected chi connectivity index (χ4v) is 5.27. The molecule has 17 heavy (non-hydrogen) atoms. The molecule has 1 N–H and O–H groups in total. The minimum Gasteiger partial charge on any atom is -0.316 e. The van der Waals surface area contributed by atoms with Crippen LogP contribution in [-0.4, -0.2) is 20.4 Å². The van der Waals surface area contributed by atoms with Gasteiger partial charge in [-0.3, -0.25) is 0 Å². The number of hydrogen-bond donors (Lipinski definition) is 1. The van der Waals surface area contributed by atoms with Gasteiger partial charge in [0.05, 0.1) is 0 Å². The quantitative estimate of drug-likeness (QED) is 0.320. The summed E-state index contributed by atoms with van der Waals surface area (Å²) >= 11 is 5.46. The molecule has 0 aliphatic carbocycles. The van der Waals surface area contributed by atoms with Crippen molar-refractivity contribution in [1.82, 2.24) is 5.32 Å². The molecule has 1 rings (SSSR count). The summed E-state index contributed by atoms with van der Waals surface area (Å²) in [6.45, 7) is 7.10. The predicted octanol–water partition coefficient (Wildman–Crippen LogP) is 4.95. The maximum Gasteiger partial charge on any atom is 0.0392 e. The highest BCUT2D eigenvalue weighted by atomic mass is 127. The summed E-state index contributed by atoms with van der Waals surface area (Å²) in [5, 5.41) is 3.53. The largest absolute Gasteiger partial charge is 0.316 e. The molecule has 3 atom stereocenters. The Balaban J connectivity index is 2.46. The van der Waals surface area contributed by atoms with Crippen LogP contribution in [0.25, 0.3) is 0 Å². The minimum atomic E-state index is 0.546. The van der Waals surface area contributed by atoms with Crippen LogP contribution in [0.1, 0.15) is 58.8 Å². The molecule has 0 spiro atoms. The van der Waals surface area contributed by atoms with Crippen LogP contribution in [0, 0.1) is 5.92 Å². The standard InChI is InChI=1S/C14H27I2N/c1-3-5-6-7-8-12(4-2)14(16)9-10-17-11-13(14)15/h12-13,17H,3-11H2,1-2H3/t12?,13-,14-/m1/s1. The van der Waals surface area contributed by atoms with Crippen LogP contribution in [-0.2, 0) is 0 Å². The molecule has 3 heteroatoms. The van der Waals surface area contributed by atoms with Gasteiger partial charge in [-0.05, 0) is 25.3 Å². The fourth-order valence-electron chi connectivity index (χ4n) is 2.90. The monoisotopic (exact) mass is 463 g/mol. The van der Waals surface area contributed by atoms with E-state index in [4.69, 9.17) is 0 Å². The van der Waals surface area contributed by atoms with Gasteiger partial charge in [0.15, 0.2) is 0 Å². The maximum absolute atomic E-state index is 3.53. The number of hydrogen-bond acceptors (Lipinski definition) is 1. The van der Waals surface area contributed by atoms with Crippen LogP contribution in [0.3, 0.4) is 0 Å². The van der Waals surface area contributed by atoms with Crippen molar-refractivity contribution in [2.24, 2.45) is 5.92 Å². The first-order valence-corrected chi connectivity index (χ1v) is 9.51. The van der Waals surface area contributed by atoms with Crippen molar-refractivity contribution in [2.45, 2.75) is 66.1 Å². The summed E-state index contributed by atoms with van der Waals surface area (Å²) < 4.78 is 1.34. The van der Waals surface area contributed by atoms with Gasteiger partial charge in [-0.25, -0.2) is 0 Å². The second-order valence-corrected chi connectivity index (χ2v) is 8.81. The molecule has 1 nitrogen and oxygen atoms in total. The number of alkyl halides is 2. The SMILES string of the molecule is CCCCCCC(CC)[C@]1(I)CCNC[C@H]1I. The normalized spacial score (nSPS) is 31.4. The summed E-state index contributed by atoms with van der Waals surface area (Å²) in [6.07, 6.45) is 9.80. The van der Waals surface area contributed by atoms with E-state index in [1.54, 1.807) is 0 Å². The Morgan fingerprint density at radius 1 is 1.29 bits per heavy atom. The second-order valence-electron chi connectivity index (χ2n) is 5.30. The van der Waals surface area contributed by atoms with E-state index in [9.17, 15) is 0 Å². The summed E-state index contributed by atoms with van der Waals surface area (Å²) in [6, 6.07) is 0. The van der Waals surface area contributed by atoms with Crippen molar-refractivity contribution < 1.29 is 0 Å². The molecular weight excluding hydrogens is 436 g/mol. The van der Waals surface area contributed by atoms with Gasteiger partial charge >= 0.3 is 0 Å². The Kier molecular flexibility index (Phi) is 8.30. The Bertz CT molecular complexity index is 210. The third kappa shape index (κ3) is 4.79. The van der Waals surface area contributed by atoms with Crippen molar-refractivity contribution in [3.63, 3.8) is 0 Å². The third-order valence-electron chi connectivity index (χ3n) is 4.11. The average molecular weight is 463 g/mol. The van der Waals surface area contributed by atoms with Gasteiger partial charge in [0.25, 0.3) is 0 Å². The molecule has 1 saturated heterocycles. The van der Waals surface area contributed by atoms with Gasteiger partial charge in [-0.2, -0.15) is 0 Å². The summed E-state index contributed by atoms with van der Waals surface area (Å²) in [5.41, 5.74) is 0. The van der Waals surface area contributed by atoms with Crippen LogP contribution in [0.5, 0.6) is 0 Å². The molecule has 0 aromatic rings. The third-order valence-corrected chi connectivity index (χ3v) is 9.02. The first-order valence-electron chi connectivity index (χ1n) is 7.18. The zero-order valence-electron chi connectivity index (χ0n) is 11.3. The van der Waals surface area contributed by atoms with E-state index in [0.29, 0.717) is 3.42 Å². The van der Waals surface area contributed by atoms with Crippen molar-refractivity contribution in [3.05, 3.63) is 0 Å². The molecule has 1 fully saturated rings. The molecule has 102 valence electrons. The van der Waals surface area contributed by atoms with Crippen LogP contribution in [0.15, 0.2) is 0 Å². The fraction of sp³-hybridized carbons (Fsp3) is 1.00. The summed E-state index contributed by atoms with van der Waals surface area (Å²) in [4.78, 5) is 0. The number of halogens is 2. The lowest BCUT2D eigenvalue weighted by Gasteiger charge is -2.43. The Morgan fingerprint density at radius 3 is 2.65 bits per heavy atom. The summed E-state index contributed by atoms with van der Waals surface area (Å²) in [7, 11) is 0. The van der Waals surface area contributed by atoms with E-state index < -0.39 is 0 Å². The van der Waals surface area contributed by atoms with Gasteiger partial charge in [0, 0.05) is 13.9 Å². The number of nitrogens with one attached hydrogen (secondary N) is 1. The molecule has 1 aliphatic heterocycles. The van der Waals surface area contributed by atoms with E-state index in [-0.39, 0.29) is 0 Å². The molecule has 0 saturated carbocycles. The van der Waals surface area contributed by atoms with E-state index in [1.165, 1.54) is 58.0 Å². The van der Waals surface area contributed by atoms with Gasteiger partial charge in [-0.1, -0.05) is 91.1 Å². The van der Waals surface area contributed by atoms with Crippen LogP contribution in [0.2, 0.25) is 0 Å². The topological polar surface area (TPSA) is 12.0 Å². The molecule has 0 amide bonds. The molecule has 1 aliphatic rings. The highest BCUT2D eigenvalue weighted by molar-refractivity contribution is 14.1. The first kappa shape index (κ1) is 16.5. The zero-order chi connectivity index (χ0) is 12.7. The first-order chi connectivity index (χ1) is 8.15. The molecule has 1 heterocycles. The van der Waals surface area contributed by atoms with E-state index in [2.05, 4.69) is 64.3 Å². The van der Waals surface area contributed by atoms with Gasteiger partial charge < -0.3 is 5.32 Å². The Labute approximate surface area is 135 Å². The van der Waals surface area contributed by atoms with Crippen molar-refractivity contribution in [1.29, 1.82) is 0 Å². The number of unbranched alkanes of at least 4 members (excludes halogenated alkanes) is 3. The smallest absolute Gasteiger partial charge is 0.0392 e. The minimum absolute atomic E-state index is 0.546. The van der Waals surface area contributed by atoms with E-state index in [1.807, 2.05) is 0 Å². The Morgan fingerprint density at radius 2 is 2.06 bits per heavy atom. The maximum atomic E-state index is 3.53. The average Bonchev–Trinajstić information content (AvgIpc) is 2.33. The molecule has 0 aromatic heterocycles. The molecule has 0 bridgehead atoms. The number of piperidine rings is 1. The highest BCUT2D eigenvalue weighted by Crippen LogP contribution is 2.44. The van der Waals surface area contributed by atoms with Crippen molar-refractivity contribution in [3.8, 4) is 0 Å². The van der Waals surface area contributed by atoms with E-state index in [0.717, 1.165) is 9.84 Å². The lowest BCUT2D eigenvalue weighted by Crippen LogP contribution is -2.51. The van der Waals surface area contributed by atoms with Gasteiger partial charge in [-0.15, -0.1) is 0 Å². The second kappa shape index (κ2) is 8.56. The predicted molar refractivity (Wildman–Crippen MR) is 94.6 cm³/mol. The van der Waals surface area contributed by atoms with Crippen LogP contribution in [0.4, 0.5) is 0 Å². The van der Waals surface area contributed by atoms with Gasteiger partial charge in [0.1, 0.15) is 0 Å². The molecule has 0 aromatic carbocycles. The lowest BCUT2D eigenvalue weighted by atomic mass is 9.80. The molecule has 0 radical (unpaired) electrons. The Hall–Kier alpha value is 1.42. The summed E-state index contributed by atoms with van der Waals surface area (Å²) in [5.74, 6) is 0.920. The van der Waals surface area contributed by atoms with Crippen LogP contribution < -0.4 is 5.32 Å². The van der Waals surface area contributed by atoms with E-state index >= 15 is 0 Å². The highest BCUT2D eigenvalue weighted by Gasteiger charge is 2.42. The lowest BCUT2D eigenvalue weighted by molar-refractivity contribution is 0.299.